The van der Waals surface area contributed by atoms with Crippen molar-refractivity contribution < 1.29 is 38.2 Å². The molecule has 0 saturated heterocycles. The van der Waals surface area contributed by atoms with Crippen LogP contribution in [0.3, 0.4) is 0 Å². The zero-order valence-corrected chi connectivity index (χ0v) is 38.9. The molecule has 1 N–H and O–H groups in total. The van der Waals surface area contributed by atoms with Gasteiger partial charge in [-0.3, -0.25) is 9.59 Å². The molecule has 8 nitrogen and oxygen atoms in total. The standard InChI is InChI=1S/C52H87NO7/c1-6-8-10-12-14-16-18-20-22-23-24-25-26-27-29-31-33-35-37-39-41-43-51(55)60-48(46-58-45-44-49(52(56)57)53(3,4)5)47-59-50(54)42-40-38-36-34-32-30-28-21-19-17-15-13-11-9-7-2/h14-17,19-22,24-25,27,29,33,35,48-49H,6-13,18,23,26,28,30-32,34,36-47H2,1-5H3/p+1/b16-14+,17-15+,21-19+,22-20+,25-24+,29-27+,35-33+. The van der Waals surface area contributed by atoms with Crippen LogP contribution in [0.4, 0.5) is 0 Å². The summed E-state index contributed by atoms with van der Waals surface area (Å²) in [5.41, 5.74) is 0. The van der Waals surface area contributed by atoms with Crippen molar-refractivity contribution in [3.8, 4) is 0 Å². The maximum atomic E-state index is 12.7. The Labute approximate surface area is 367 Å². The maximum absolute atomic E-state index is 12.7. The van der Waals surface area contributed by atoms with E-state index in [1.165, 1.54) is 57.8 Å². The summed E-state index contributed by atoms with van der Waals surface area (Å²) in [5.74, 6) is -1.55. The van der Waals surface area contributed by atoms with Gasteiger partial charge in [0.05, 0.1) is 34.4 Å². The first-order chi connectivity index (χ1) is 29.1. The smallest absolute Gasteiger partial charge is 0.362 e. The molecule has 0 bridgehead atoms. The van der Waals surface area contributed by atoms with Crippen molar-refractivity contribution >= 4 is 17.9 Å². The van der Waals surface area contributed by atoms with E-state index in [1.807, 2.05) is 21.1 Å². The van der Waals surface area contributed by atoms with Crippen LogP contribution in [0.1, 0.15) is 174 Å². The summed E-state index contributed by atoms with van der Waals surface area (Å²) >= 11 is 0. The Balaban J connectivity index is 4.44. The summed E-state index contributed by atoms with van der Waals surface area (Å²) in [6.45, 7) is 4.61. The molecule has 2 unspecified atom stereocenters. The van der Waals surface area contributed by atoms with Crippen LogP contribution in [0.5, 0.6) is 0 Å². The van der Waals surface area contributed by atoms with E-state index in [9.17, 15) is 19.5 Å². The Kier molecular flexibility index (Phi) is 39.8. The zero-order valence-electron chi connectivity index (χ0n) is 38.9. The minimum Gasteiger partial charge on any atom is -0.477 e. The molecule has 0 aromatic rings. The molecule has 342 valence electrons. The molecule has 0 spiro atoms. The molecular formula is C52H88NO7+. The van der Waals surface area contributed by atoms with Crippen molar-refractivity contribution in [2.24, 2.45) is 0 Å². The lowest BCUT2D eigenvalue weighted by atomic mass is 10.1. The van der Waals surface area contributed by atoms with Crippen LogP contribution < -0.4 is 0 Å². The van der Waals surface area contributed by atoms with Crippen molar-refractivity contribution in [3.05, 3.63) is 85.1 Å². The molecule has 60 heavy (non-hydrogen) atoms. The van der Waals surface area contributed by atoms with Crippen LogP contribution in [0.2, 0.25) is 0 Å². The highest BCUT2D eigenvalue weighted by Crippen LogP contribution is 2.12. The van der Waals surface area contributed by atoms with Gasteiger partial charge in [0.1, 0.15) is 6.61 Å². The third-order valence-corrected chi connectivity index (χ3v) is 10.0. The molecule has 0 saturated carbocycles. The average Bonchev–Trinajstić information content (AvgIpc) is 3.21. The Hall–Kier alpha value is -3.49. The molecule has 0 rings (SSSR count). The molecular weight excluding hydrogens is 751 g/mol. The fraction of sp³-hybridized carbons (Fsp3) is 0.673. The number of unbranched alkanes of at least 4 members (excludes halogenated alkanes) is 14. The van der Waals surface area contributed by atoms with Crippen LogP contribution >= 0.6 is 0 Å². The number of esters is 2. The number of hydrogen-bond acceptors (Lipinski definition) is 6. The predicted octanol–water partition coefficient (Wildman–Crippen LogP) is 13.3. The van der Waals surface area contributed by atoms with Crippen LogP contribution in [-0.2, 0) is 28.6 Å². The van der Waals surface area contributed by atoms with Gasteiger partial charge in [0.25, 0.3) is 0 Å². The van der Waals surface area contributed by atoms with Gasteiger partial charge in [0, 0.05) is 19.3 Å². The highest BCUT2D eigenvalue weighted by atomic mass is 16.6. The van der Waals surface area contributed by atoms with E-state index < -0.39 is 18.1 Å². The lowest BCUT2D eigenvalue weighted by Gasteiger charge is -2.31. The SMILES string of the molecule is CCCCC/C=C/C=C/CCCCCCCCC(=O)OCC(COCCC(C(=O)O)[N+](C)(C)C)OC(=O)CCCC/C=C/C/C=C/C/C=C/C/C=C/C/C=C/CCCCC. The number of nitrogens with zero attached hydrogens (tertiary/aromatic N) is 1. The van der Waals surface area contributed by atoms with Crippen molar-refractivity contribution in [2.45, 2.75) is 187 Å². The molecule has 0 heterocycles. The molecule has 8 heteroatoms. The second kappa shape index (κ2) is 42.2. The first-order valence-corrected chi connectivity index (χ1v) is 23.6. The Morgan fingerprint density at radius 1 is 0.517 bits per heavy atom. The summed E-state index contributed by atoms with van der Waals surface area (Å²) in [6, 6.07) is -0.629. The summed E-state index contributed by atoms with van der Waals surface area (Å²) in [4.78, 5) is 37.0. The predicted molar refractivity (Wildman–Crippen MR) is 252 cm³/mol. The summed E-state index contributed by atoms with van der Waals surface area (Å²) in [6.07, 6.45) is 54.8. The molecule has 0 aliphatic rings. The Morgan fingerprint density at radius 2 is 0.933 bits per heavy atom. The van der Waals surface area contributed by atoms with Crippen LogP contribution in [0.15, 0.2) is 85.1 Å². The van der Waals surface area contributed by atoms with E-state index in [1.54, 1.807) is 0 Å². The lowest BCUT2D eigenvalue weighted by Crippen LogP contribution is -2.50. The van der Waals surface area contributed by atoms with E-state index in [-0.39, 0.29) is 42.7 Å². The highest BCUT2D eigenvalue weighted by Gasteiger charge is 2.31. The fourth-order valence-electron chi connectivity index (χ4n) is 6.33. The number of carboxylic acids is 1. The average molecular weight is 839 g/mol. The normalized spacial score (nSPS) is 13.7. The van der Waals surface area contributed by atoms with Gasteiger partial charge in [-0.05, 0) is 89.9 Å². The number of likely N-dealkylation sites (N-methyl/N-ethyl adjacent to an activating group) is 1. The molecule has 0 aromatic carbocycles. The van der Waals surface area contributed by atoms with Gasteiger partial charge in [-0.2, -0.15) is 0 Å². The third-order valence-electron chi connectivity index (χ3n) is 10.0. The summed E-state index contributed by atoms with van der Waals surface area (Å²) in [7, 11) is 5.50. The lowest BCUT2D eigenvalue weighted by molar-refractivity contribution is -0.887. The topological polar surface area (TPSA) is 99.1 Å². The van der Waals surface area contributed by atoms with Crippen molar-refractivity contribution in [2.75, 3.05) is 41.0 Å². The maximum Gasteiger partial charge on any atom is 0.362 e. The second-order valence-corrected chi connectivity index (χ2v) is 16.7. The van der Waals surface area contributed by atoms with E-state index in [0.717, 1.165) is 77.0 Å². The number of quaternary nitrogens is 1. The molecule has 0 fully saturated rings. The number of hydrogen-bond donors (Lipinski definition) is 1. The Bertz CT molecular complexity index is 1250. The minimum atomic E-state index is -0.887. The first kappa shape index (κ1) is 56.5. The van der Waals surface area contributed by atoms with Gasteiger partial charge in [-0.25, -0.2) is 4.79 Å². The molecule has 0 aliphatic carbocycles. The van der Waals surface area contributed by atoms with Gasteiger partial charge in [-0.15, -0.1) is 0 Å². The van der Waals surface area contributed by atoms with E-state index in [0.29, 0.717) is 19.3 Å². The van der Waals surface area contributed by atoms with E-state index in [4.69, 9.17) is 14.2 Å². The number of ether oxygens (including phenoxy) is 3. The molecule has 2 atom stereocenters. The summed E-state index contributed by atoms with van der Waals surface area (Å²) < 4.78 is 17.2. The fourth-order valence-corrected chi connectivity index (χ4v) is 6.33. The van der Waals surface area contributed by atoms with Crippen molar-refractivity contribution in [1.82, 2.24) is 0 Å². The van der Waals surface area contributed by atoms with Gasteiger partial charge >= 0.3 is 17.9 Å². The first-order valence-electron chi connectivity index (χ1n) is 23.6. The number of aliphatic carboxylic acids is 1. The minimum absolute atomic E-state index is 0.0349. The zero-order chi connectivity index (χ0) is 44.2. The van der Waals surface area contributed by atoms with Crippen LogP contribution in [-0.4, -0.2) is 80.6 Å². The Morgan fingerprint density at radius 3 is 1.43 bits per heavy atom. The second-order valence-electron chi connectivity index (χ2n) is 16.7. The number of rotatable bonds is 41. The van der Waals surface area contributed by atoms with Crippen LogP contribution in [0.25, 0.3) is 0 Å². The van der Waals surface area contributed by atoms with Crippen molar-refractivity contribution in [1.29, 1.82) is 0 Å². The molecule has 0 aliphatic heterocycles. The quantitative estimate of drug-likeness (QED) is 0.0215. The van der Waals surface area contributed by atoms with Gasteiger partial charge in [0.15, 0.2) is 12.1 Å². The van der Waals surface area contributed by atoms with Gasteiger partial charge in [-0.1, -0.05) is 150 Å². The molecule has 0 amide bonds. The van der Waals surface area contributed by atoms with Gasteiger partial charge in [0.2, 0.25) is 0 Å². The van der Waals surface area contributed by atoms with Crippen LogP contribution in [0, 0.1) is 0 Å². The number of allylic oxidation sites excluding steroid dienone is 14. The highest BCUT2D eigenvalue weighted by molar-refractivity contribution is 5.72. The number of carbonyl (C=O) groups is 3. The largest absolute Gasteiger partial charge is 0.477 e. The number of carbonyl (C=O) groups excluding carboxylic acids is 2. The molecule has 0 aromatic heterocycles. The van der Waals surface area contributed by atoms with E-state index >= 15 is 0 Å². The van der Waals surface area contributed by atoms with Crippen molar-refractivity contribution in [3.63, 3.8) is 0 Å². The van der Waals surface area contributed by atoms with Gasteiger partial charge < -0.3 is 23.8 Å². The van der Waals surface area contributed by atoms with E-state index in [2.05, 4.69) is 98.9 Å². The monoisotopic (exact) mass is 839 g/mol. The summed E-state index contributed by atoms with van der Waals surface area (Å²) in [5, 5.41) is 9.63. The molecule has 0 radical (unpaired) electrons. The third kappa shape index (κ3) is 39.9. The number of carboxylic acid groups (broad SMARTS) is 1.